The van der Waals surface area contributed by atoms with E-state index in [1.807, 2.05) is 26.0 Å². The molecule has 0 saturated heterocycles. The van der Waals surface area contributed by atoms with Crippen LogP contribution >= 0.6 is 0 Å². The highest BCUT2D eigenvalue weighted by Crippen LogP contribution is 2.39. The highest BCUT2D eigenvalue weighted by Gasteiger charge is 2.19. The van der Waals surface area contributed by atoms with Crippen LogP contribution in [0.1, 0.15) is 50.7 Å². The van der Waals surface area contributed by atoms with Gasteiger partial charge in [0, 0.05) is 29.2 Å². The number of phenols is 2. The minimum atomic E-state index is 0.00455. The first-order valence-corrected chi connectivity index (χ1v) is 8.48. The van der Waals surface area contributed by atoms with E-state index >= 15 is 0 Å². The van der Waals surface area contributed by atoms with E-state index in [9.17, 15) is 10.2 Å². The van der Waals surface area contributed by atoms with Crippen molar-refractivity contribution < 1.29 is 19.7 Å². The van der Waals surface area contributed by atoms with Gasteiger partial charge >= 0.3 is 0 Å². The summed E-state index contributed by atoms with van der Waals surface area (Å²) in [6, 6.07) is 10.4. The van der Waals surface area contributed by atoms with Gasteiger partial charge in [-0.2, -0.15) is 0 Å². The monoisotopic (exact) mass is 330 g/mol. The van der Waals surface area contributed by atoms with Crippen LogP contribution in [0, 0.1) is 0 Å². The smallest absolute Gasteiger partial charge is 0.126 e. The van der Waals surface area contributed by atoms with Crippen LogP contribution in [-0.4, -0.2) is 23.4 Å². The second kappa shape index (κ2) is 8.48. The third kappa shape index (κ3) is 4.34. The van der Waals surface area contributed by atoms with Crippen molar-refractivity contribution in [1.29, 1.82) is 0 Å². The predicted octanol–water partition coefficient (Wildman–Crippen LogP) is 4.83. The molecule has 4 nitrogen and oxygen atoms in total. The number of benzene rings is 2. The van der Waals surface area contributed by atoms with Crippen molar-refractivity contribution in [3.8, 4) is 23.0 Å². The molecule has 0 unspecified atom stereocenters. The van der Waals surface area contributed by atoms with Crippen molar-refractivity contribution in [2.75, 3.05) is 13.2 Å². The third-order valence-electron chi connectivity index (χ3n) is 3.85. The molecule has 0 aromatic heterocycles. The van der Waals surface area contributed by atoms with Gasteiger partial charge in [0.15, 0.2) is 0 Å². The maximum absolute atomic E-state index is 9.76. The normalized spacial score (nSPS) is 10.8. The van der Waals surface area contributed by atoms with Gasteiger partial charge in [-0.05, 0) is 25.0 Å². The van der Waals surface area contributed by atoms with Crippen molar-refractivity contribution in [1.82, 2.24) is 0 Å². The Balaban J connectivity index is 2.39. The van der Waals surface area contributed by atoms with Crippen LogP contribution in [0.5, 0.6) is 23.0 Å². The SMILES string of the molecule is CCCOc1cc(O)ccc1C(C)c1ccc(O)cc1OCCC. The molecule has 130 valence electrons. The molecule has 0 aliphatic carbocycles. The van der Waals surface area contributed by atoms with E-state index in [1.54, 1.807) is 24.3 Å². The van der Waals surface area contributed by atoms with E-state index < -0.39 is 0 Å². The Hall–Kier alpha value is -2.36. The fraction of sp³-hybridized carbons (Fsp3) is 0.400. The minimum Gasteiger partial charge on any atom is -0.508 e. The molecule has 0 atom stereocenters. The van der Waals surface area contributed by atoms with Gasteiger partial charge < -0.3 is 19.7 Å². The molecular formula is C20H26O4. The molecule has 0 fully saturated rings. The van der Waals surface area contributed by atoms with Crippen LogP contribution in [0.3, 0.4) is 0 Å². The third-order valence-corrected chi connectivity index (χ3v) is 3.85. The maximum atomic E-state index is 9.76. The van der Waals surface area contributed by atoms with E-state index in [4.69, 9.17) is 9.47 Å². The first kappa shape index (κ1) is 18.0. The number of aromatic hydroxyl groups is 2. The second-order valence-electron chi connectivity index (χ2n) is 5.86. The molecule has 2 rings (SSSR count). The fourth-order valence-corrected chi connectivity index (χ4v) is 2.60. The molecule has 2 aromatic rings. The van der Waals surface area contributed by atoms with Crippen LogP contribution in [0.25, 0.3) is 0 Å². The van der Waals surface area contributed by atoms with Gasteiger partial charge in [-0.1, -0.05) is 32.9 Å². The van der Waals surface area contributed by atoms with Crippen molar-refractivity contribution in [2.45, 2.75) is 39.5 Å². The molecule has 0 amide bonds. The Kier molecular flexibility index (Phi) is 6.36. The molecular weight excluding hydrogens is 304 g/mol. The van der Waals surface area contributed by atoms with Gasteiger partial charge in [0.05, 0.1) is 13.2 Å². The van der Waals surface area contributed by atoms with Crippen molar-refractivity contribution >= 4 is 0 Å². The lowest BCUT2D eigenvalue weighted by atomic mass is 9.91. The van der Waals surface area contributed by atoms with Crippen LogP contribution in [0.2, 0.25) is 0 Å². The summed E-state index contributed by atoms with van der Waals surface area (Å²) in [5.74, 6) is 1.73. The Morgan fingerprint density at radius 3 is 1.58 bits per heavy atom. The number of ether oxygens (including phenoxy) is 2. The zero-order chi connectivity index (χ0) is 17.5. The highest BCUT2D eigenvalue weighted by molar-refractivity contribution is 5.50. The quantitative estimate of drug-likeness (QED) is 0.728. The Morgan fingerprint density at radius 2 is 1.21 bits per heavy atom. The van der Waals surface area contributed by atoms with E-state index in [2.05, 4.69) is 6.92 Å². The van der Waals surface area contributed by atoms with E-state index in [0.29, 0.717) is 24.7 Å². The minimum absolute atomic E-state index is 0.00455. The summed E-state index contributed by atoms with van der Waals surface area (Å²) in [5, 5.41) is 19.5. The Bertz CT molecular complexity index is 609. The summed E-state index contributed by atoms with van der Waals surface area (Å²) in [5.41, 5.74) is 1.96. The van der Waals surface area contributed by atoms with Crippen LogP contribution in [0.4, 0.5) is 0 Å². The number of hydrogen-bond acceptors (Lipinski definition) is 4. The summed E-state index contributed by atoms with van der Waals surface area (Å²) >= 11 is 0. The predicted molar refractivity (Wildman–Crippen MR) is 95.3 cm³/mol. The maximum Gasteiger partial charge on any atom is 0.126 e. The first-order chi connectivity index (χ1) is 11.6. The molecule has 0 spiro atoms. The second-order valence-corrected chi connectivity index (χ2v) is 5.86. The highest BCUT2D eigenvalue weighted by atomic mass is 16.5. The first-order valence-electron chi connectivity index (χ1n) is 8.48. The lowest BCUT2D eigenvalue weighted by Crippen LogP contribution is -2.05. The van der Waals surface area contributed by atoms with Crippen molar-refractivity contribution in [2.24, 2.45) is 0 Å². The lowest BCUT2D eigenvalue weighted by Gasteiger charge is -2.20. The summed E-state index contributed by atoms with van der Waals surface area (Å²) in [4.78, 5) is 0. The number of phenolic OH excluding ortho intramolecular Hbond substituents is 2. The summed E-state index contributed by atoms with van der Waals surface area (Å²) < 4.78 is 11.6. The molecule has 0 radical (unpaired) electrons. The molecule has 0 aliphatic heterocycles. The average molecular weight is 330 g/mol. The molecule has 0 aliphatic rings. The largest absolute Gasteiger partial charge is 0.508 e. The zero-order valence-corrected chi connectivity index (χ0v) is 14.6. The van der Waals surface area contributed by atoms with Gasteiger partial charge in [0.2, 0.25) is 0 Å². The summed E-state index contributed by atoms with van der Waals surface area (Å²) in [6.07, 6.45) is 1.79. The van der Waals surface area contributed by atoms with Gasteiger partial charge in [0.25, 0.3) is 0 Å². The van der Waals surface area contributed by atoms with Gasteiger partial charge in [-0.25, -0.2) is 0 Å². The molecule has 2 N–H and O–H groups in total. The topological polar surface area (TPSA) is 58.9 Å². The molecule has 2 aromatic carbocycles. The molecule has 0 heterocycles. The Labute approximate surface area is 143 Å². The van der Waals surface area contributed by atoms with Crippen LogP contribution < -0.4 is 9.47 Å². The van der Waals surface area contributed by atoms with Gasteiger partial charge in [-0.15, -0.1) is 0 Å². The van der Waals surface area contributed by atoms with Gasteiger partial charge in [0.1, 0.15) is 23.0 Å². The molecule has 0 saturated carbocycles. The van der Waals surface area contributed by atoms with E-state index in [0.717, 1.165) is 24.0 Å². The molecule has 4 heteroatoms. The van der Waals surface area contributed by atoms with E-state index in [-0.39, 0.29) is 17.4 Å². The lowest BCUT2D eigenvalue weighted by molar-refractivity contribution is 0.307. The number of hydrogen-bond donors (Lipinski definition) is 2. The average Bonchev–Trinajstić information content (AvgIpc) is 2.57. The van der Waals surface area contributed by atoms with Crippen molar-refractivity contribution in [3.05, 3.63) is 47.5 Å². The summed E-state index contributed by atoms with van der Waals surface area (Å²) in [7, 11) is 0. The zero-order valence-electron chi connectivity index (χ0n) is 14.6. The molecule has 0 bridgehead atoms. The fourth-order valence-electron chi connectivity index (χ4n) is 2.60. The number of rotatable bonds is 8. The molecule has 24 heavy (non-hydrogen) atoms. The van der Waals surface area contributed by atoms with Crippen molar-refractivity contribution in [3.63, 3.8) is 0 Å². The Morgan fingerprint density at radius 1 is 0.792 bits per heavy atom. The van der Waals surface area contributed by atoms with Crippen LogP contribution in [-0.2, 0) is 0 Å². The standard InChI is InChI=1S/C20H26O4/c1-4-10-23-19-12-15(21)6-8-17(19)14(3)18-9-7-16(22)13-20(18)24-11-5-2/h6-9,12-14,21-22H,4-5,10-11H2,1-3H3. The van der Waals surface area contributed by atoms with Crippen LogP contribution in [0.15, 0.2) is 36.4 Å². The van der Waals surface area contributed by atoms with Gasteiger partial charge in [-0.3, -0.25) is 0 Å². The van der Waals surface area contributed by atoms with E-state index in [1.165, 1.54) is 0 Å². The summed E-state index contributed by atoms with van der Waals surface area (Å²) in [6.45, 7) is 7.34.